The van der Waals surface area contributed by atoms with Gasteiger partial charge in [-0.2, -0.15) is 5.10 Å². The van der Waals surface area contributed by atoms with Crippen molar-refractivity contribution in [3.05, 3.63) is 52.1 Å². The topological polar surface area (TPSA) is 74.0 Å². The molecule has 1 saturated heterocycles. The average molecular weight is 447 g/mol. The Morgan fingerprint density at radius 3 is 2.52 bits per heavy atom. The number of urea groups is 1. The van der Waals surface area contributed by atoms with Crippen LogP contribution in [0.3, 0.4) is 0 Å². The van der Waals surface area contributed by atoms with Gasteiger partial charge in [-0.1, -0.05) is 31.5 Å². The van der Waals surface area contributed by atoms with E-state index in [0.29, 0.717) is 5.96 Å². The fourth-order valence-corrected chi connectivity index (χ4v) is 4.24. The molecule has 31 heavy (non-hydrogen) atoms. The number of aromatic nitrogens is 2. The lowest BCUT2D eigenvalue weighted by Crippen LogP contribution is -2.64. The Morgan fingerprint density at radius 2 is 1.87 bits per heavy atom. The quantitative estimate of drug-likeness (QED) is 0.723. The van der Waals surface area contributed by atoms with Crippen LogP contribution >= 0.6 is 11.6 Å². The van der Waals surface area contributed by atoms with E-state index >= 15 is 0 Å². The molecule has 0 bridgehead atoms. The second-order valence-corrected chi connectivity index (χ2v) is 8.07. The van der Waals surface area contributed by atoms with Crippen LogP contribution in [0.4, 0.5) is 9.18 Å². The van der Waals surface area contributed by atoms with Crippen LogP contribution < -0.4 is 0 Å². The van der Waals surface area contributed by atoms with E-state index in [4.69, 9.17) is 11.6 Å². The van der Waals surface area contributed by atoms with E-state index in [1.165, 1.54) is 23.1 Å². The van der Waals surface area contributed by atoms with Crippen molar-refractivity contribution in [1.29, 1.82) is 0 Å². The zero-order valence-electron chi connectivity index (χ0n) is 17.8. The highest BCUT2D eigenvalue weighted by Gasteiger charge is 2.51. The van der Waals surface area contributed by atoms with Crippen LogP contribution in [0.2, 0.25) is 5.02 Å². The van der Waals surface area contributed by atoms with Crippen molar-refractivity contribution in [2.45, 2.75) is 45.4 Å². The van der Waals surface area contributed by atoms with Crippen LogP contribution in [-0.4, -0.2) is 68.7 Å². The molecule has 0 saturated carbocycles. The highest BCUT2D eigenvalue weighted by molar-refractivity contribution is 6.31. The number of likely N-dealkylation sites (N-methyl/N-ethyl adjacent to an activating group) is 2. The molecule has 2 aliphatic rings. The number of carbonyl (C=O) groups excluding carboxylic acids is 2. The number of carbonyl (C=O) groups is 2. The number of nitrogens with zero attached hydrogens (tertiary/aromatic N) is 6. The van der Waals surface area contributed by atoms with Crippen LogP contribution in [0.1, 0.15) is 30.8 Å². The molecule has 10 heteroatoms. The third kappa shape index (κ3) is 3.37. The fourth-order valence-electron chi connectivity index (χ4n) is 4.02. The summed E-state index contributed by atoms with van der Waals surface area (Å²) in [5, 5.41) is 4.78. The number of hydrogen-bond acceptors (Lipinski definition) is 5. The second-order valence-electron chi connectivity index (χ2n) is 7.66. The van der Waals surface area contributed by atoms with Crippen molar-refractivity contribution in [1.82, 2.24) is 24.5 Å². The van der Waals surface area contributed by atoms with Crippen LogP contribution in [0.5, 0.6) is 0 Å². The Labute approximate surface area is 184 Å². The lowest BCUT2D eigenvalue weighted by Gasteiger charge is -2.40. The molecule has 1 fully saturated rings. The molecular weight excluding hydrogens is 423 g/mol. The predicted molar refractivity (Wildman–Crippen MR) is 114 cm³/mol. The summed E-state index contributed by atoms with van der Waals surface area (Å²) in [4.78, 5) is 35.2. The molecule has 0 radical (unpaired) electrons. The molecule has 2 aromatic rings. The number of halogens is 2. The highest BCUT2D eigenvalue weighted by Crippen LogP contribution is 2.30. The first kappa shape index (κ1) is 21.3. The van der Waals surface area contributed by atoms with Gasteiger partial charge in [-0.05, 0) is 31.0 Å². The summed E-state index contributed by atoms with van der Waals surface area (Å²) in [6.45, 7) is 3.80. The van der Waals surface area contributed by atoms with Crippen LogP contribution in [-0.2, 0) is 24.2 Å². The number of aryl methyl sites for hydroxylation is 2. The standard InChI is InChI=1S/C21H24ClFN6O2/c1-5-12-10-13(6-2)29(25-12)20-24-18-17(26(20)3)19(30)28(21(31)27(18)4)11-14-15(22)8-7-9-16(14)23/h7-10,17-18H,5-6,11H2,1-4H3. The van der Waals surface area contributed by atoms with Gasteiger partial charge in [0.15, 0.2) is 12.2 Å². The van der Waals surface area contributed by atoms with Crippen LogP contribution in [0.15, 0.2) is 29.3 Å². The molecule has 3 heterocycles. The summed E-state index contributed by atoms with van der Waals surface area (Å²) >= 11 is 6.13. The molecule has 2 unspecified atom stereocenters. The van der Waals surface area contributed by atoms with Gasteiger partial charge in [-0.15, -0.1) is 0 Å². The Bertz CT molecular complexity index is 1060. The summed E-state index contributed by atoms with van der Waals surface area (Å²) < 4.78 is 16.0. The lowest BCUT2D eigenvalue weighted by atomic mass is 10.1. The maximum Gasteiger partial charge on any atom is 0.328 e. The lowest BCUT2D eigenvalue weighted by molar-refractivity contribution is -0.137. The molecule has 4 rings (SSSR count). The summed E-state index contributed by atoms with van der Waals surface area (Å²) in [5.41, 5.74) is 2.00. The molecule has 0 spiro atoms. The first-order valence-corrected chi connectivity index (χ1v) is 10.6. The van der Waals surface area contributed by atoms with Crippen molar-refractivity contribution < 1.29 is 14.0 Å². The molecule has 164 valence electrons. The van der Waals surface area contributed by atoms with Crippen molar-refractivity contribution in [3.8, 4) is 0 Å². The Kier molecular flexibility index (Phi) is 5.47. The molecule has 2 aliphatic heterocycles. The van der Waals surface area contributed by atoms with Crippen molar-refractivity contribution in [3.63, 3.8) is 0 Å². The van der Waals surface area contributed by atoms with Crippen LogP contribution in [0.25, 0.3) is 0 Å². The highest BCUT2D eigenvalue weighted by atomic mass is 35.5. The van der Waals surface area contributed by atoms with Gasteiger partial charge >= 0.3 is 6.03 Å². The number of fused-ring (bicyclic) bond motifs is 1. The second kappa shape index (κ2) is 7.96. The molecule has 0 N–H and O–H groups in total. The van der Waals surface area contributed by atoms with Gasteiger partial charge in [0.05, 0.1) is 12.2 Å². The van der Waals surface area contributed by atoms with Gasteiger partial charge in [0, 0.05) is 30.4 Å². The van der Waals surface area contributed by atoms with E-state index in [1.54, 1.807) is 23.7 Å². The number of aliphatic imine (C=N–C) groups is 1. The largest absolute Gasteiger partial charge is 0.328 e. The molecule has 1 aromatic carbocycles. The summed E-state index contributed by atoms with van der Waals surface area (Å²) in [6, 6.07) is 5.00. The molecular formula is C21H24ClFN6O2. The van der Waals surface area contributed by atoms with E-state index in [0.717, 1.165) is 29.1 Å². The van der Waals surface area contributed by atoms with Crippen molar-refractivity contribution in [2.75, 3.05) is 14.1 Å². The first-order valence-electron chi connectivity index (χ1n) is 10.2. The van der Waals surface area contributed by atoms with Gasteiger partial charge in [-0.25, -0.2) is 18.9 Å². The normalized spacial score (nSPS) is 21.1. The average Bonchev–Trinajstić information content (AvgIpc) is 3.32. The third-order valence-corrected chi connectivity index (χ3v) is 6.19. The third-order valence-electron chi connectivity index (χ3n) is 5.84. The molecule has 0 aliphatic carbocycles. The maximum atomic E-state index is 14.3. The number of amides is 3. The summed E-state index contributed by atoms with van der Waals surface area (Å²) in [6.07, 6.45) is 0.833. The SMILES string of the molecule is CCc1cc(CC)n(C2=NC3C(C(=O)N(Cc4c(F)cccc4Cl)C(=O)N3C)N2C)n1. The van der Waals surface area contributed by atoms with Gasteiger partial charge in [-0.3, -0.25) is 9.69 Å². The smallest absolute Gasteiger partial charge is 0.328 e. The van der Waals surface area contributed by atoms with Gasteiger partial charge < -0.3 is 9.80 Å². The van der Waals surface area contributed by atoms with Gasteiger partial charge in [0.25, 0.3) is 5.91 Å². The Morgan fingerprint density at radius 1 is 1.13 bits per heavy atom. The Hall–Kier alpha value is -2.94. The van der Waals surface area contributed by atoms with E-state index < -0.39 is 30.0 Å². The molecule has 3 amide bonds. The number of rotatable bonds is 4. The van der Waals surface area contributed by atoms with Crippen LogP contribution in [0, 0.1) is 5.82 Å². The Balaban J connectivity index is 1.68. The first-order chi connectivity index (χ1) is 14.8. The number of hydrogen-bond donors (Lipinski definition) is 0. The predicted octanol–water partition coefficient (Wildman–Crippen LogP) is 2.74. The zero-order valence-corrected chi connectivity index (χ0v) is 18.6. The minimum atomic E-state index is -0.734. The monoisotopic (exact) mass is 446 g/mol. The van der Waals surface area contributed by atoms with Crippen molar-refractivity contribution >= 4 is 29.5 Å². The van der Waals surface area contributed by atoms with E-state index in [1.807, 2.05) is 19.9 Å². The summed E-state index contributed by atoms with van der Waals surface area (Å²) in [5.74, 6) is -0.509. The van der Waals surface area contributed by atoms with E-state index in [2.05, 4.69) is 10.1 Å². The molecule has 8 nitrogen and oxygen atoms in total. The molecule has 1 aromatic heterocycles. The van der Waals surface area contributed by atoms with E-state index in [-0.39, 0.29) is 17.1 Å². The zero-order chi connectivity index (χ0) is 22.4. The fraction of sp³-hybridized carbons (Fsp3) is 0.429. The molecule has 2 atom stereocenters. The number of benzene rings is 1. The van der Waals surface area contributed by atoms with Gasteiger partial charge in [0.1, 0.15) is 5.82 Å². The minimum Gasteiger partial charge on any atom is -0.328 e. The number of imide groups is 1. The maximum absolute atomic E-state index is 14.3. The minimum absolute atomic E-state index is 0.104. The van der Waals surface area contributed by atoms with Gasteiger partial charge in [0.2, 0.25) is 5.96 Å². The van der Waals surface area contributed by atoms with E-state index in [9.17, 15) is 14.0 Å². The van der Waals surface area contributed by atoms with Crippen molar-refractivity contribution in [2.24, 2.45) is 4.99 Å². The summed E-state index contributed by atoms with van der Waals surface area (Å²) in [7, 11) is 3.34.